The minimum Gasteiger partial charge on any atom is -0.493 e. The predicted octanol–water partition coefficient (Wildman–Crippen LogP) is 4.39. The van der Waals surface area contributed by atoms with Crippen LogP contribution in [0.25, 0.3) is 0 Å². The molecule has 3 rings (SSSR count). The fraction of sp³-hybridized carbons (Fsp3) is 0.250. The molecule has 1 atom stereocenters. The van der Waals surface area contributed by atoms with Crippen LogP contribution in [0.2, 0.25) is 5.02 Å². The van der Waals surface area contributed by atoms with Crippen LogP contribution in [0.15, 0.2) is 34.8 Å². The molecule has 2 aromatic rings. The number of rotatable bonds is 2. The van der Waals surface area contributed by atoms with E-state index in [1.54, 1.807) is 0 Å². The normalized spacial score (nSPS) is 14.8. The van der Waals surface area contributed by atoms with E-state index in [2.05, 4.69) is 35.0 Å². The van der Waals surface area contributed by atoms with Gasteiger partial charge in [-0.2, -0.15) is 0 Å². The minimum absolute atomic E-state index is 0.239. The number of nitrogens with two attached hydrogens (primary N) is 1. The number of aryl methyl sites for hydroxylation is 1. The lowest BCUT2D eigenvalue weighted by molar-refractivity contribution is 0.352. The first-order valence-electron chi connectivity index (χ1n) is 6.52. The van der Waals surface area contributed by atoms with Gasteiger partial charge in [-0.15, -0.1) is 0 Å². The predicted molar refractivity (Wildman–Crippen MR) is 85.6 cm³/mol. The topological polar surface area (TPSA) is 35.2 Å². The summed E-state index contributed by atoms with van der Waals surface area (Å²) in [6.07, 6.45) is 0.896. The van der Waals surface area contributed by atoms with Crippen LogP contribution in [-0.2, 0) is 6.42 Å². The Morgan fingerprint density at radius 3 is 2.80 bits per heavy atom. The van der Waals surface area contributed by atoms with Crippen LogP contribution in [0.1, 0.15) is 28.3 Å². The van der Waals surface area contributed by atoms with E-state index in [9.17, 15) is 0 Å². The van der Waals surface area contributed by atoms with Gasteiger partial charge in [-0.3, -0.25) is 0 Å². The maximum absolute atomic E-state index is 6.44. The number of hydrogen-bond donors (Lipinski definition) is 1. The molecule has 104 valence electrons. The molecule has 0 aliphatic carbocycles. The summed E-state index contributed by atoms with van der Waals surface area (Å²) in [4.78, 5) is 0. The molecule has 0 spiro atoms. The molecule has 0 radical (unpaired) electrons. The lowest BCUT2D eigenvalue weighted by Gasteiger charge is -2.17. The van der Waals surface area contributed by atoms with Crippen molar-refractivity contribution in [3.63, 3.8) is 0 Å². The van der Waals surface area contributed by atoms with Crippen LogP contribution >= 0.6 is 27.5 Å². The van der Waals surface area contributed by atoms with Crippen molar-refractivity contribution in [2.75, 3.05) is 6.61 Å². The van der Waals surface area contributed by atoms with Gasteiger partial charge in [-0.05, 0) is 47.9 Å². The number of benzene rings is 2. The average Bonchev–Trinajstić information content (AvgIpc) is 2.83. The van der Waals surface area contributed by atoms with Crippen molar-refractivity contribution >= 4 is 27.5 Å². The van der Waals surface area contributed by atoms with Gasteiger partial charge in [0.1, 0.15) is 5.75 Å². The number of fused-ring (bicyclic) bond motifs is 1. The number of hydrogen-bond acceptors (Lipinski definition) is 2. The Balaban J connectivity index is 2.08. The molecule has 0 saturated carbocycles. The third-order valence-corrected chi connectivity index (χ3v) is 4.21. The van der Waals surface area contributed by atoms with Crippen molar-refractivity contribution in [3.8, 4) is 5.75 Å². The molecule has 4 heteroatoms. The molecular weight excluding hydrogens is 338 g/mol. The van der Waals surface area contributed by atoms with Crippen molar-refractivity contribution in [2.24, 2.45) is 5.73 Å². The molecule has 0 bridgehead atoms. The molecule has 1 aliphatic rings. The SMILES string of the molecule is Cc1cc(Br)cc(C(N)c2cc(Cl)cc3c2OCC3)c1. The maximum atomic E-state index is 6.44. The fourth-order valence-electron chi connectivity index (χ4n) is 2.65. The molecule has 2 nitrogen and oxygen atoms in total. The van der Waals surface area contributed by atoms with Gasteiger partial charge in [0, 0.05) is 21.5 Å². The molecule has 20 heavy (non-hydrogen) atoms. The van der Waals surface area contributed by atoms with E-state index in [1.165, 1.54) is 5.56 Å². The summed E-state index contributed by atoms with van der Waals surface area (Å²) < 4.78 is 6.77. The van der Waals surface area contributed by atoms with Crippen LogP contribution in [0, 0.1) is 6.92 Å². The van der Waals surface area contributed by atoms with E-state index in [0.717, 1.165) is 33.3 Å². The highest BCUT2D eigenvalue weighted by molar-refractivity contribution is 9.10. The Morgan fingerprint density at radius 1 is 1.25 bits per heavy atom. The van der Waals surface area contributed by atoms with Crippen LogP contribution in [0.3, 0.4) is 0 Å². The van der Waals surface area contributed by atoms with E-state index in [0.29, 0.717) is 11.6 Å². The van der Waals surface area contributed by atoms with E-state index >= 15 is 0 Å². The molecule has 1 unspecified atom stereocenters. The first kappa shape index (κ1) is 13.9. The number of ether oxygens (including phenoxy) is 1. The van der Waals surface area contributed by atoms with Gasteiger partial charge >= 0.3 is 0 Å². The molecule has 2 aromatic carbocycles. The summed E-state index contributed by atoms with van der Waals surface area (Å²) in [5.41, 5.74) is 10.8. The zero-order valence-corrected chi connectivity index (χ0v) is 13.5. The summed E-state index contributed by atoms with van der Waals surface area (Å²) in [6, 6.07) is 9.84. The number of halogens is 2. The van der Waals surface area contributed by atoms with Gasteiger partial charge in [0.05, 0.1) is 12.6 Å². The zero-order chi connectivity index (χ0) is 14.3. The van der Waals surface area contributed by atoms with E-state index in [1.807, 2.05) is 18.2 Å². The van der Waals surface area contributed by atoms with Gasteiger partial charge in [-0.1, -0.05) is 33.6 Å². The van der Waals surface area contributed by atoms with Crippen LogP contribution in [0.4, 0.5) is 0 Å². The second-order valence-corrected chi connectivity index (χ2v) is 6.47. The lowest BCUT2D eigenvalue weighted by Crippen LogP contribution is -2.13. The molecule has 2 N–H and O–H groups in total. The van der Waals surface area contributed by atoms with E-state index in [4.69, 9.17) is 22.1 Å². The smallest absolute Gasteiger partial charge is 0.127 e. The Labute approximate surface area is 132 Å². The lowest BCUT2D eigenvalue weighted by atomic mass is 9.95. The van der Waals surface area contributed by atoms with Crippen LogP contribution in [-0.4, -0.2) is 6.61 Å². The Morgan fingerprint density at radius 2 is 2.05 bits per heavy atom. The highest BCUT2D eigenvalue weighted by Gasteiger charge is 2.22. The van der Waals surface area contributed by atoms with E-state index in [-0.39, 0.29) is 6.04 Å². The van der Waals surface area contributed by atoms with Crippen molar-refractivity contribution in [2.45, 2.75) is 19.4 Å². The molecular formula is C16H15BrClNO. The first-order chi connectivity index (χ1) is 9.54. The summed E-state index contributed by atoms with van der Waals surface area (Å²) >= 11 is 9.72. The molecule has 0 fully saturated rings. The molecule has 1 aliphatic heterocycles. The largest absolute Gasteiger partial charge is 0.493 e. The standard InChI is InChI=1S/C16H15BrClNO/c1-9-4-11(6-12(17)5-9)15(19)14-8-13(18)7-10-2-3-20-16(10)14/h4-8,15H,2-3,19H2,1H3. The second-order valence-electron chi connectivity index (χ2n) is 5.12. The highest BCUT2D eigenvalue weighted by atomic mass is 79.9. The summed E-state index contributed by atoms with van der Waals surface area (Å²) in [5, 5.41) is 0.714. The van der Waals surface area contributed by atoms with Crippen LogP contribution in [0.5, 0.6) is 5.75 Å². The van der Waals surface area contributed by atoms with E-state index < -0.39 is 0 Å². The second kappa shape index (κ2) is 5.40. The third-order valence-electron chi connectivity index (χ3n) is 3.54. The molecule has 1 heterocycles. The molecule has 0 saturated heterocycles. The van der Waals surface area contributed by atoms with Crippen LogP contribution < -0.4 is 10.5 Å². The van der Waals surface area contributed by atoms with Crippen molar-refractivity contribution in [3.05, 3.63) is 62.1 Å². The van der Waals surface area contributed by atoms with Crippen molar-refractivity contribution < 1.29 is 4.74 Å². The van der Waals surface area contributed by atoms with Gasteiger partial charge in [-0.25, -0.2) is 0 Å². The van der Waals surface area contributed by atoms with Crippen molar-refractivity contribution in [1.29, 1.82) is 0 Å². The Bertz CT molecular complexity index is 652. The average molecular weight is 353 g/mol. The quantitative estimate of drug-likeness (QED) is 0.870. The first-order valence-corrected chi connectivity index (χ1v) is 7.69. The van der Waals surface area contributed by atoms with Gasteiger partial charge in [0.25, 0.3) is 0 Å². The zero-order valence-electron chi connectivity index (χ0n) is 11.1. The minimum atomic E-state index is -0.239. The summed E-state index contributed by atoms with van der Waals surface area (Å²) in [5.74, 6) is 0.902. The monoisotopic (exact) mass is 351 g/mol. The Kier molecular flexibility index (Phi) is 3.76. The summed E-state index contributed by atoms with van der Waals surface area (Å²) in [7, 11) is 0. The maximum Gasteiger partial charge on any atom is 0.127 e. The van der Waals surface area contributed by atoms with Gasteiger partial charge in [0.15, 0.2) is 0 Å². The van der Waals surface area contributed by atoms with Crippen molar-refractivity contribution in [1.82, 2.24) is 0 Å². The third kappa shape index (κ3) is 2.58. The molecule has 0 amide bonds. The summed E-state index contributed by atoms with van der Waals surface area (Å²) in [6.45, 7) is 2.76. The van der Waals surface area contributed by atoms with Gasteiger partial charge < -0.3 is 10.5 Å². The Hall–Kier alpha value is -1.03. The van der Waals surface area contributed by atoms with Gasteiger partial charge in [0.2, 0.25) is 0 Å². The molecule has 0 aromatic heterocycles. The fourth-order valence-corrected chi connectivity index (χ4v) is 3.53. The highest BCUT2D eigenvalue weighted by Crippen LogP contribution is 2.38.